The molecule has 2 N–H and O–H groups in total. The number of likely N-dealkylation sites (tertiary alicyclic amines) is 1. The Labute approximate surface area is 163 Å². The van der Waals surface area contributed by atoms with Gasteiger partial charge in [-0.1, -0.05) is 29.8 Å². The van der Waals surface area contributed by atoms with Gasteiger partial charge in [0.25, 0.3) is 11.7 Å². The Balaban J connectivity index is 2.13. The molecule has 1 heterocycles. The lowest BCUT2D eigenvalue weighted by atomic mass is 9.95. The molecule has 6 heteroatoms. The third-order valence-corrected chi connectivity index (χ3v) is 4.90. The number of benzene rings is 2. The Morgan fingerprint density at radius 2 is 1.68 bits per heavy atom. The van der Waals surface area contributed by atoms with Gasteiger partial charge in [-0.25, -0.2) is 4.39 Å². The Hall–Kier alpha value is -2.99. The number of ketones is 1. The van der Waals surface area contributed by atoms with E-state index in [1.165, 1.54) is 29.2 Å². The molecule has 1 fully saturated rings. The van der Waals surface area contributed by atoms with Crippen molar-refractivity contribution in [1.29, 1.82) is 0 Å². The summed E-state index contributed by atoms with van der Waals surface area (Å²) in [6.07, 6.45) is 0. The number of nitrogens with one attached hydrogen (secondary N) is 1. The highest BCUT2D eigenvalue weighted by atomic mass is 19.1. The van der Waals surface area contributed by atoms with Crippen molar-refractivity contribution < 1.29 is 24.0 Å². The molecule has 1 aliphatic heterocycles. The molecule has 1 saturated heterocycles. The van der Waals surface area contributed by atoms with Crippen molar-refractivity contribution in [2.45, 2.75) is 13.0 Å². The first kappa shape index (κ1) is 19.8. The topological polar surface area (TPSA) is 62.0 Å². The van der Waals surface area contributed by atoms with Crippen molar-refractivity contribution >= 4 is 17.4 Å². The first-order chi connectivity index (χ1) is 13.3. The average molecular weight is 383 g/mol. The number of carbonyl (C=O) groups excluding carboxylic acids is 2. The Kier molecular flexibility index (Phi) is 5.61. The maximum Gasteiger partial charge on any atom is 0.295 e. The Morgan fingerprint density at radius 1 is 1.07 bits per heavy atom. The normalized spacial score (nSPS) is 18.9. The average Bonchev–Trinajstić information content (AvgIpc) is 2.91. The highest BCUT2D eigenvalue weighted by molar-refractivity contribution is 6.46. The van der Waals surface area contributed by atoms with Crippen molar-refractivity contribution in [3.63, 3.8) is 0 Å². The van der Waals surface area contributed by atoms with Crippen molar-refractivity contribution in [3.05, 3.63) is 76.6 Å². The largest absolute Gasteiger partial charge is 0.507 e. The van der Waals surface area contributed by atoms with E-state index in [9.17, 15) is 19.1 Å². The smallest absolute Gasteiger partial charge is 0.295 e. The molecule has 2 aromatic carbocycles. The SMILES string of the molecule is Cc1ccc([C@H]2C(=C(O)c3ccc(F)cc3)C(=O)C(=O)N2CC[NH+](C)C)cc1. The maximum atomic E-state index is 13.3. The van der Waals surface area contributed by atoms with E-state index in [1.807, 2.05) is 45.3 Å². The number of halogens is 1. The molecular weight excluding hydrogens is 359 g/mol. The molecule has 0 spiro atoms. The third-order valence-electron chi connectivity index (χ3n) is 4.90. The van der Waals surface area contributed by atoms with Gasteiger partial charge in [-0.05, 0) is 36.8 Å². The molecular formula is C22H24FN2O3+. The van der Waals surface area contributed by atoms with Crippen LogP contribution in [0, 0.1) is 12.7 Å². The number of quaternary nitrogens is 1. The zero-order chi connectivity index (χ0) is 20.4. The summed E-state index contributed by atoms with van der Waals surface area (Å²) >= 11 is 0. The van der Waals surface area contributed by atoms with Gasteiger partial charge in [0.1, 0.15) is 11.6 Å². The lowest BCUT2D eigenvalue weighted by Gasteiger charge is -2.25. The number of nitrogens with zero attached hydrogens (tertiary/aromatic N) is 1. The molecule has 5 nitrogen and oxygen atoms in total. The number of amides is 1. The molecule has 146 valence electrons. The molecule has 2 aromatic rings. The van der Waals surface area contributed by atoms with E-state index in [4.69, 9.17) is 0 Å². The number of likely N-dealkylation sites (N-methyl/N-ethyl adjacent to an activating group) is 1. The van der Waals surface area contributed by atoms with Gasteiger partial charge in [0, 0.05) is 5.56 Å². The van der Waals surface area contributed by atoms with E-state index in [0.29, 0.717) is 18.7 Å². The maximum absolute atomic E-state index is 13.3. The van der Waals surface area contributed by atoms with Crippen LogP contribution in [-0.2, 0) is 9.59 Å². The predicted molar refractivity (Wildman–Crippen MR) is 104 cm³/mol. The second-order valence-corrected chi connectivity index (χ2v) is 7.37. The van der Waals surface area contributed by atoms with Crippen molar-refractivity contribution in [2.24, 2.45) is 0 Å². The second kappa shape index (κ2) is 7.94. The minimum absolute atomic E-state index is 0.0363. The number of carbonyl (C=O) groups is 2. The standard InChI is InChI=1S/C22H23FN2O3/c1-14-4-6-15(7-5-14)19-18(20(26)16-8-10-17(23)11-9-16)21(27)22(28)25(19)13-12-24(2)3/h4-11,19,26H,12-13H2,1-3H3/p+1/t19-/m0/s1. The van der Waals surface area contributed by atoms with Gasteiger partial charge in [-0.3, -0.25) is 9.59 Å². The van der Waals surface area contributed by atoms with Crippen LogP contribution < -0.4 is 4.90 Å². The van der Waals surface area contributed by atoms with Gasteiger partial charge < -0.3 is 14.9 Å². The minimum atomic E-state index is -0.721. The first-order valence-corrected chi connectivity index (χ1v) is 9.19. The van der Waals surface area contributed by atoms with Crippen molar-refractivity contribution in [2.75, 3.05) is 27.2 Å². The monoisotopic (exact) mass is 383 g/mol. The van der Waals surface area contributed by atoms with Crippen LogP contribution in [0.15, 0.2) is 54.1 Å². The lowest BCUT2D eigenvalue weighted by Crippen LogP contribution is -3.06. The van der Waals surface area contributed by atoms with Crippen LogP contribution in [0.1, 0.15) is 22.7 Å². The number of aliphatic hydroxyl groups is 1. The number of rotatable bonds is 5. The van der Waals surface area contributed by atoms with Crippen LogP contribution in [-0.4, -0.2) is 48.9 Å². The summed E-state index contributed by atoms with van der Waals surface area (Å²) in [6.45, 7) is 2.99. The highest BCUT2D eigenvalue weighted by Crippen LogP contribution is 2.39. The van der Waals surface area contributed by atoms with Gasteiger partial charge in [-0.2, -0.15) is 0 Å². The number of Topliss-reactive ketones (excluding diaryl/α,β-unsaturated/α-hetero) is 1. The molecule has 1 amide bonds. The molecule has 0 saturated carbocycles. The number of aliphatic hydroxyl groups excluding tert-OH is 1. The molecule has 0 aromatic heterocycles. The van der Waals surface area contributed by atoms with Gasteiger partial charge in [0.05, 0.1) is 38.8 Å². The van der Waals surface area contributed by atoms with Crippen LogP contribution >= 0.6 is 0 Å². The Morgan fingerprint density at radius 3 is 2.25 bits per heavy atom. The summed E-state index contributed by atoms with van der Waals surface area (Å²) in [4.78, 5) is 28.2. The highest BCUT2D eigenvalue weighted by Gasteiger charge is 2.46. The second-order valence-electron chi connectivity index (χ2n) is 7.37. The van der Waals surface area contributed by atoms with Crippen LogP contribution in [0.5, 0.6) is 0 Å². The summed E-state index contributed by atoms with van der Waals surface area (Å²) < 4.78 is 13.3. The molecule has 3 rings (SSSR count). The molecule has 0 unspecified atom stereocenters. The molecule has 0 bridgehead atoms. The summed E-state index contributed by atoms with van der Waals surface area (Å²) in [5.41, 5.74) is 2.14. The van der Waals surface area contributed by atoms with Crippen LogP contribution in [0.2, 0.25) is 0 Å². The number of aryl methyl sites for hydroxylation is 1. The number of hydrogen-bond acceptors (Lipinski definition) is 3. The van der Waals surface area contributed by atoms with Crippen LogP contribution in [0.3, 0.4) is 0 Å². The van der Waals surface area contributed by atoms with E-state index in [1.54, 1.807) is 0 Å². The summed E-state index contributed by atoms with van der Waals surface area (Å²) in [5.74, 6) is -2.08. The van der Waals surface area contributed by atoms with Crippen molar-refractivity contribution in [3.8, 4) is 0 Å². The van der Waals surface area contributed by atoms with Gasteiger partial charge >= 0.3 is 0 Å². The minimum Gasteiger partial charge on any atom is -0.507 e. The van der Waals surface area contributed by atoms with E-state index in [2.05, 4.69) is 0 Å². The quantitative estimate of drug-likeness (QED) is 0.469. The van der Waals surface area contributed by atoms with Crippen LogP contribution in [0.4, 0.5) is 4.39 Å². The third kappa shape index (κ3) is 3.82. The van der Waals surface area contributed by atoms with E-state index >= 15 is 0 Å². The molecule has 28 heavy (non-hydrogen) atoms. The van der Waals surface area contributed by atoms with Crippen molar-refractivity contribution in [1.82, 2.24) is 4.90 Å². The van der Waals surface area contributed by atoms with Gasteiger partial charge in [0.2, 0.25) is 0 Å². The zero-order valence-corrected chi connectivity index (χ0v) is 16.2. The van der Waals surface area contributed by atoms with E-state index in [-0.39, 0.29) is 11.3 Å². The summed E-state index contributed by atoms with van der Waals surface area (Å²) in [5, 5.41) is 10.8. The molecule has 0 radical (unpaired) electrons. The number of hydrogen-bond donors (Lipinski definition) is 2. The fourth-order valence-corrected chi connectivity index (χ4v) is 3.31. The first-order valence-electron chi connectivity index (χ1n) is 9.19. The fraction of sp³-hybridized carbons (Fsp3) is 0.273. The molecule has 1 aliphatic rings. The van der Waals surface area contributed by atoms with Crippen LogP contribution in [0.25, 0.3) is 5.76 Å². The van der Waals surface area contributed by atoms with Gasteiger partial charge in [-0.15, -0.1) is 0 Å². The summed E-state index contributed by atoms with van der Waals surface area (Å²) in [7, 11) is 3.94. The van der Waals surface area contributed by atoms with E-state index < -0.39 is 23.5 Å². The molecule has 1 atom stereocenters. The van der Waals surface area contributed by atoms with Gasteiger partial charge in [0.15, 0.2) is 0 Å². The summed E-state index contributed by atoms with van der Waals surface area (Å²) in [6, 6.07) is 12.1. The molecule has 0 aliphatic carbocycles. The lowest BCUT2D eigenvalue weighted by molar-refractivity contribution is -0.857. The Bertz CT molecular complexity index is 918. The van der Waals surface area contributed by atoms with E-state index in [0.717, 1.165) is 16.0 Å². The predicted octanol–water partition coefficient (Wildman–Crippen LogP) is 1.70. The fourth-order valence-electron chi connectivity index (χ4n) is 3.31. The zero-order valence-electron chi connectivity index (χ0n) is 16.2.